The molecule has 2 aromatic rings. The van der Waals surface area contributed by atoms with Crippen molar-refractivity contribution in [3.05, 3.63) is 18.0 Å². The van der Waals surface area contributed by atoms with Crippen LogP contribution in [-0.4, -0.2) is 27.1 Å². The molecule has 0 aliphatic rings. The SMILES string of the molecule is CC(C)Nc1nc2cnc(C(=O)O)cc2s1. The molecule has 2 rings (SSSR count). The number of rotatable bonds is 3. The molecule has 2 heterocycles. The van der Waals surface area contributed by atoms with E-state index < -0.39 is 5.97 Å². The number of thiazole rings is 1. The van der Waals surface area contributed by atoms with Crippen LogP contribution in [0.5, 0.6) is 0 Å². The lowest BCUT2D eigenvalue weighted by molar-refractivity contribution is 0.0691. The molecule has 0 saturated carbocycles. The van der Waals surface area contributed by atoms with Crippen LogP contribution in [0.2, 0.25) is 0 Å². The van der Waals surface area contributed by atoms with Crippen LogP contribution >= 0.6 is 11.3 Å². The molecular formula is C10H11N3O2S. The van der Waals surface area contributed by atoms with Gasteiger partial charge in [-0.15, -0.1) is 0 Å². The molecule has 0 unspecified atom stereocenters. The minimum Gasteiger partial charge on any atom is -0.477 e. The maximum absolute atomic E-state index is 10.7. The number of nitrogens with zero attached hydrogens (tertiary/aromatic N) is 2. The average molecular weight is 237 g/mol. The van der Waals surface area contributed by atoms with E-state index >= 15 is 0 Å². The largest absolute Gasteiger partial charge is 0.477 e. The van der Waals surface area contributed by atoms with Crippen molar-refractivity contribution in [3.63, 3.8) is 0 Å². The van der Waals surface area contributed by atoms with E-state index in [-0.39, 0.29) is 5.69 Å². The van der Waals surface area contributed by atoms with Crippen molar-refractivity contribution < 1.29 is 9.90 Å². The first kappa shape index (κ1) is 10.8. The van der Waals surface area contributed by atoms with E-state index in [9.17, 15) is 4.79 Å². The van der Waals surface area contributed by atoms with Crippen LogP contribution in [0.15, 0.2) is 12.3 Å². The normalized spacial score (nSPS) is 10.9. The van der Waals surface area contributed by atoms with E-state index in [1.807, 2.05) is 13.8 Å². The topological polar surface area (TPSA) is 75.1 Å². The van der Waals surface area contributed by atoms with Crippen molar-refractivity contribution in [2.24, 2.45) is 0 Å². The summed E-state index contributed by atoms with van der Waals surface area (Å²) in [6.45, 7) is 4.04. The van der Waals surface area contributed by atoms with Gasteiger partial charge in [-0.25, -0.2) is 14.8 Å². The molecule has 2 aromatic heterocycles. The number of hydrogen-bond acceptors (Lipinski definition) is 5. The highest BCUT2D eigenvalue weighted by Gasteiger charge is 2.09. The summed E-state index contributed by atoms with van der Waals surface area (Å²) >= 11 is 1.43. The second-order valence-electron chi connectivity index (χ2n) is 3.66. The molecular weight excluding hydrogens is 226 g/mol. The molecule has 0 saturated heterocycles. The Hall–Kier alpha value is -1.69. The van der Waals surface area contributed by atoms with Crippen LogP contribution in [-0.2, 0) is 0 Å². The summed E-state index contributed by atoms with van der Waals surface area (Å²) in [7, 11) is 0. The predicted octanol–water partition coefficient (Wildman–Crippen LogP) is 2.21. The van der Waals surface area contributed by atoms with Gasteiger partial charge in [-0.05, 0) is 19.9 Å². The number of pyridine rings is 1. The molecule has 5 nitrogen and oxygen atoms in total. The fraction of sp³-hybridized carbons (Fsp3) is 0.300. The van der Waals surface area contributed by atoms with Crippen LogP contribution < -0.4 is 5.32 Å². The zero-order valence-corrected chi connectivity index (χ0v) is 9.71. The Morgan fingerprint density at radius 2 is 2.31 bits per heavy atom. The van der Waals surface area contributed by atoms with Crippen molar-refractivity contribution in [3.8, 4) is 0 Å². The standard InChI is InChI=1S/C10H11N3O2S/c1-5(2)12-10-13-7-4-11-6(9(14)15)3-8(7)16-10/h3-5H,1-2H3,(H,12,13)(H,14,15). The third kappa shape index (κ3) is 2.11. The third-order valence-electron chi connectivity index (χ3n) is 1.91. The van der Waals surface area contributed by atoms with E-state index in [0.29, 0.717) is 6.04 Å². The van der Waals surface area contributed by atoms with E-state index in [1.165, 1.54) is 17.5 Å². The minimum absolute atomic E-state index is 0.0484. The Labute approximate surface area is 96.2 Å². The van der Waals surface area contributed by atoms with Crippen molar-refractivity contribution in [2.45, 2.75) is 19.9 Å². The summed E-state index contributed by atoms with van der Waals surface area (Å²) < 4.78 is 0.829. The summed E-state index contributed by atoms with van der Waals surface area (Å²) in [4.78, 5) is 18.9. The summed E-state index contributed by atoms with van der Waals surface area (Å²) in [6.07, 6.45) is 1.49. The van der Waals surface area contributed by atoms with Crippen LogP contribution in [0.3, 0.4) is 0 Å². The molecule has 2 N–H and O–H groups in total. The maximum Gasteiger partial charge on any atom is 0.354 e. The monoisotopic (exact) mass is 237 g/mol. The number of nitrogens with one attached hydrogen (secondary N) is 1. The van der Waals surface area contributed by atoms with E-state index in [0.717, 1.165) is 15.3 Å². The van der Waals surface area contributed by atoms with Crippen LogP contribution in [0.4, 0.5) is 5.13 Å². The van der Waals surface area contributed by atoms with Crippen molar-refractivity contribution >= 4 is 32.7 Å². The smallest absolute Gasteiger partial charge is 0.354 e. The number of anilines is 1. The zero-order valence-electron chi connectivity index (χ0n) is 8.89. The van der Waals surface area contributed by atoms with Gasteiger partial charge < -0.3 is 10.4 Å². The fourth-order valence-electron chi connectivity index (χ4n) is 1.26. The lowest BCUT2D eigenvalue weighted by Gasteiger charge is -2.03. The number of fused-ring (bicyclic) bond motifs is 1. The first-order chi connectivity index (χ1) is 7.56. The highest BCUT2D eigenvalue weighted by atomic mass is 32.1. The molecule has 0 fully saturated rings. The Morgan fingerprint density at radius 3 is 2.94 bits per heavy atom. The Balaban J connectivity index is 2.42. The second-order valence-corrected chi connectivity index (χ2v) is 4.69. The molecule has 84 valence electrons. The van der Waals surface area contributed by atoms with E-state index in [4.69, 9.17) is 5.11 Å². The molecule has 0 spiro atoms. The molecule has 0 atom stereocenters. The van der Waals surface area contributed by atoms with Gasteiger partial charge in [0.1, 0.15) is 11.2 Å². The van der Waals surface area contributed by atoms with Crippen LogP contribution in [0.1, 0.15) is 24.3 Å². The number of aromatic nitrogens is 2. The molecule has 0 aliphatic carbocycles. The van der Waals surface area contributed by atoms with Gasteiger partial charge in [0.2, 0.25) is 0 Å². The fourth-order valence-corrected chi connectivity index (χ4v) is 2.28. The van der Waals surface area contributed by atoms with Gasteiger partial charge >= 0.3 is 5.97 Å². The molecule has 0 bridgehead atoms. The molecule has 0 aliphatic heterocycles. The first-order valence-electron chi connectivity index (χ1n) is 4.82. The Bertz CT molecular complexity index is 536. The molecule has 0 radical (unpaired) electrons. The second kappa shape index (κ2) is 4.05. The maximum atomic E-state index is 10.7. The van der Waals surface area contributed by atoms with Crippen LogP contribution in [0, 0.1) is 0 Å². The van der Waals surface area contributed by atoms with Gasteiger partial charge in [0, 0.05) is 6.04 Å². The number of carboxylic acid groups (broad SMARTS) is 1. The molecule has 0 amide bonds. The van der Waals surface area contributed by atoms with Crippen LogP contribution in [0.25, 0.3) is 10.2 Å². The summed E-state index contributed by atoms with van der Waals surface area (Å²) in [5.41, 5.74) is 0.769. The van der Waals surface area contributed by atoms with Crippen molar-refractivity contribution in [1.82, 2.24) is 9.97 Å². The number of hydrogen-bond donors (Lipinski definition) is 2. The van der Waals surface area contributed by atoms with Gasteiger partial charge in [0.25, 0.3) is 0 Å². The average Bonchev–Trinajstić information content (AvgIpc) is 2.56. The summed E-state index contributed by atoms with van der Waals surface area (Å²) in [5.74, 6) is -1.02. The summed E-state index contributed by atoms with van der Waals surface area (Å²) in [5, 5.41) is 12.8. The van der Waals surface area contributed by atoms with Gasteiger partial charge in [0.05, 0.1) is 10.9 Å². The lowest BCUT2D eigenvalue weighted by atomic mass is 10.3. The molecule has 16 heavy (non-hydrogen) atoms. The van der Waals surface area contributed by atoms with Crippen molar-refractivity contribution in [1.29, 1.82) is 0 Å². The number of aromatic carboxylic acids is 1. The van der Waals surface area contributed by atoms with Gasteiger partial charge in [-0.1, -0.05) is 11.3 Å². The van der Waals surface area contributed by atoms with Gasteiger partial charge in [-0.3, -0.25) is 0 Å². The Kier molecular flexibility index (Phi) is 2.74. The summed E-state index contributed by atoms with van der Waals surface area (Å²) in [6, 6.07) is 1.84. The molecule has 0 aromatic carbocycles. The number of carboxylic acids is 1. The highest BCUT2D eigenvalue weighted by molar-refractivity contribution is 7.22. The predicted molar refractivity (Wildman–Crippen MR) is 63.1 cm³/mol. The zero-order chi connectivity index (χ0) is 11.7. The minimum atomic E-state index is -1.02. The van der Waals surface area contributed by atoms with Gasteiger partial charge in [-0.2, -0.15) is 0 Å². The van der Waals surface area contributed by atoms with Crippen molar-refractivity contribution in [2.75, 3.05) is 5.32 Å². The van der Waals surface area contributed by atoms with E-state index in [2.05, 4.69) is 15.3 Å². The van der Waals surface area contributed by atoms with E-state index in [1.54, 1.807) is 6.07 Å². The molecule has 6 heteroatoms. The van der Waals surface area contributed by atoms with Gasteiger partial charge in [0.15, 0.2) is 5.13 Å². The number of carbonyl (C=O) groups is 1. The highest BCUT2D eigenvalue weighted by Crippen LogP contribution is 2.26. The first-order valence-corrected chi connectivity index (χ1v) is 5.64. The Morgan fingerprint density at radius 1 is 1.56 bits per heavy atom. The quantitative estimate of drug-likeness (QED) is 0.856. The lowest BCUT2D eigenvalue weighted by Crippen LogP contribution is -2.08. The third-order valence-corrected chi connectivity index (χ3v) is 2.86.